The predicted molar refractivity (Wildman–Crippen MR) is 164 cm³/mol. The van der Waals surface area contributed by atoms with E-state index in [1.54, 1.807) is 27.2 Å². The molecule has 2 aliphatic heterocycles. The van der Waals surface area contributed by atoms with Crippen molar-refractivity contribution in [2.75, 3.05) is 14.2 Å². The fraction of sp³-hybridized carbons (Fsp3) is 0.242. The molecule has 3 aromatic rings. The first-order chi connectivity index (χ1) is 20.4. The van der Waals surface area contributed by atoms with Gasteiger partial charge in [0.05, 0.1) is 44.0 Å². The molecule has 3 aromatic carbocycles. The van der Waals surface area contributed by atoms with Crippen molar-refractivity contribution in [3.05, 3.63) is 118 Å². The number of methoxy groups -OCH3 is 2. The van der Waals surface area contributed by atoms with Gasteiger partial charge in [-0.3, -0.25) is 4.79 Å². The van der Waals surface area contributed by atoms with E-state index in [4.69, 9.17) is 19.2 Å². The molecule has 2 heterocycles. The number of hydrogen-bond acceptors (Lipinski definition) is 8. The minimum absolute atomic E-state index is 0.0946. The number of fused-ring (bicyclic) bond motifs is 1. The highest BCUT2D eigenvalue weighted by molar-refractivity contribution is 8.16. The van der Waals surface area contributed by atoms with Crippen molar-refractivity contribution in [3.63, 3.8) is 0 Å². The van der Waals surface area contributed by atoms with E-state index in [1.807, 2.05) is 90.0 Å². The number of para-hydroxylation sites is 1. The molecule has 0 spiro atoms. The summed E-state index contributed by atoms with van der Waals surface area (Å²) in [6, 6.07) is 24.1. The third-order valence-electron chi connectivity index (χ3n) is 7.18. The van der Waals surface area contributed by atoms with Crippen LogP contribution < -0.4 is 14.8 Å². The lowest BCUT2D eigenvalue weighted by molar-refractivity contribution is -0.141. The van der Waals surface area contributed by atoms with Gasteiger partial charge in [0.15, 0.2) is 16.7 Å². The second-order valence-corrected chi connectivity index (χ2v) is 10.8. The molecule has 0 aliphatic carbocycles. The molecule has 2 unspecified atom stereocenters. The molecule has 216 valence electrons. The van der Waals surface area contributed by atoms with Gasteiger partial charge in [-0.05, 0) is 36.4 Å². The van der Waals surface area contributed by atoms with Gasteiger partial charge in [0, 0.05) is 11.3 Å². The average molecular weight is 584 g/mol. The summed E-state index contributed by atoms with van der Waals surface area (Å²) in [7, 11) is 3.14. The third-order valence-corrected chi connectivity index (χ3v) is 8.07. The highest BCUT2D eigenvalue weighted by atomic mass is 32.2. The molecule has 0 bridgehead atoms. The third kappa shape index (κ3) is 6.06. The number of rotatable bonds is 10. The number of hydrogen-bond donors (Lipinski definition) is 1. The van der Waals surface area contributed by atoms with Gasteiger partial charge < -0.3 is 24.4 Å². The Morgan fingerprint density at radius 3 is 2.38 bits per heavy atom. The van der Waals surface area contributed by atoms with E-state index in [0.717, 1.165) is 11.1 Å². The van der Waals surface area contributed by atoms with Gasteiger partial charge in [-0.2, -0.15) is 0 Å². The maximum Gasteiger partial charge on any atom is 0.338 e. The van der Waals surface area contributed by atoms with Crippen LogP contribution >= 0.6 is 11.8 Å². The summed E-state index contributed by atoms with van der Waals surface area (Å²) in [4.78, 5) is 33.8. The number of benzene rings is 3. The summed E-state index contributed by atoms with van der Waals surface area (Å²) >= 11 is 1.42. The topological polar surface area (TPSA) is 89.5 Å². The molecule has 8 nitrogen and oxygen atoms in total. The number of amidine groups is 1. The summed E-state index contributed by atoms with van der Waals surface area (Å²) in [5.74, 6) is 0.383. The van der Waals surface area contributed by atoms with Crippen LogP contribution in [0.5, 0.6) is 11.5 Å². The molecular formula is C33H33N3O5S. The zero-order valence-corrected chi connectivity index (χ0v) is 24.8. The Bertz CT molecular complexity index is 1550. The van der Waals surface area contributed by atoms with E-state index >= 15 is 0 Å². The molecule has 42 heavy (non-hydrogen) atoms. The summed E-state index contributed by atoms with van der Waals surface area (Å²) in [6.07, 6.45) is 0.0946. The number of carbonyl (C=O) groups excluding carboxylic acids is 2. The molecule has 1 amide bonds. The zero-order valence-electron chi connectivity index (χ0n) is 24.0. The van der Waals surface area contributed by atoms with Crippen molar-refractivity contribution >= 4 is 28.8 Å². The average Bonchev–Trinajstić information content (AvgIpc) is 3.40. The molecule has 0 fully saturated rings. The van der Waals surface area contributed by atoms with Crippen LogP contribution in [0.1, 0.15) is 49.0 Å². The second-order valence-electron chi connectivity index (χ2n) is 9.91. The number of amides is 1. The number of esters is 1. The molecule has 0 radical (unpaired) electrons. The van der Waals surface area contributed by atoms with Crippen LogP contribution in [-0.4, -0.2) is 36.2 Å². The van der Waals surface area contributed by atoms with E-state index in [0.29, 0.717) is 39.2 Å². The van der Waals surface area contributed by atoms with Gasteiger partial charge in [0.2, 0.25) is 5.91 Å². The van der Waals surface area contributed by atoms with Crippen LogP contribution in [0.4, 0.5) is 0 Å². The van der Waals surface area contributed by atoms with Gasteiger partial charge in [0.1, 0.15) is 6.61 Å². The molecule has 9 heteroatoms. The van der Waals surface area contributed by atoms with E-state index in [9.17, 15) is 9.59 Å². The second kappa shape index (κ2) is 13.0. The van der Waals surface area contributed by atoms with Gasteiger partial charge in [-0.1, -0.05) is 84.6 Å². The van der Waals surface area contributed by atoms with Crippen LogP contribution in [-0.2, 0) is 20.9 Å². The van der Waals surface area contributed by atoms with Crippen LogP contribution in [0.3, 0.4) is 0 Å². The van der Waals surface area contributed by atoms with Gasteiger partial charge in [-0.15, -0.1) is 0 Å². The number of nitrogens with one attached hydrogen (secondary N) is 1. The molecule has 2 atom stereocenters. The molecule has 5 rings (SSSR count). The smallest absolute Gasteiger partial charge is 0.338 e. The van der Waals surface area contributed by atoms with E-state index in [1.165, 1.54) is 11.8 Å². The minimum atomic E-state index is -0.661. The van der Waals surface area contributed by atoms with Crippen molar-refractivity contribution in [2.24, 2.45) is 4.99 Å². The quantitative estimate of drug-likeness (QED) is 0.281. The van der Waals surface area contributed by atoms with E-state index in [2.05, 4.69) is 5.32 Å². The Labute approximate surface area is 250 Å². The molecule has 2 aliphatic rings. The first-order valence-corrected chi connectivity index (χ1v) is 14.5. The van der Waals surface area contributed by atoms with Crippen LogP contribution in [0.2, 0.25) is 0 Å². The minimum Gasteiger partial charge on any atom is -0.493 e. The van der Waals surface area contributed by atoms with E-state index in [-0.39, 0.29) is 25.0 Å². The molecular weight excluding hydrogens is 550 g/mol. The standard InChI is InChI=1S/C33H33N3O5S/c1-21(24-14-9-6-10-15-24)34-28(37)18-25-20-42-33-35-22(2)29(32(38)41-19-23-12-7-5-8-13-23)30(36(25)33)26-16-11-17-27(39-3)31(26)40-4/h5-17,20-21,30H,18-19H2,1-4H3,(H,34,37). The lowest BCUT2D eigenvalue weighted by atomic mass is 9.92. The van der Waals surface area contributed by atoms with Crippen molar-refractivity contribution in [2.45, 2.75) is 39.0 Å². The fourth-order valence-corrected chi connectivity index (χ4v) is 6.10. The SMILES string of the molecule is COc1cccc(C2C(C(=O)OCc3ccccc3)=C(C)N=C3SC=C(CC(=O)NC(C)c4ccccc4)N32)c1OC. The van der Waals surface area contributed by atoms with Crippen molar-refractivity contribution in [3.8, 4) is 11.5 Å². The highest BCUT2D eigenvalue weighted by Gasteiger charge is 2.43. The number of carbonyl (C=O) groups is 2. The maximum absolute atomic E-state index is 13.8. The monoisotopic (exact) mass is 583 g/mol. The number of thioether (sulfide) groups is 1. The van der Waals surface area contributed by atoms with Crippen molar-refractivity contribution < 1.29 is 23.8 Å². The first-order valence-electron chi connectivity index (χ1n) is 13.6. The van der Waals surface area contributed by atoms with Crippen LogP contribution in [0.25, 0.3) is 0 Å². The van der Waals surface area contributed by atoms with Crippen LogP contribution in [0.15, 0.2) is 106 Å². The Hall–Kier alpha value is -4.50. The highest BCUT2D eigenvalue weighted by Crippen LogP contribution is 2.48. The Morgan fingerprint density at radius 2 is 1.69 bits per heavy atom. The van der Waals surface area contributed by atoms with Gasteiger partial charge in [-0.25, -0.2) is 9.79 Å². The Morgan fingerprint density at radius 1 is 0.976 bits per heavy atom. The van der Waals surface area contributed by atoms with Crippen LogP contribution in [0, 0.1) is 0 Å². The predicted octanol–water partition coefficient (Wildman–Crippen LogP) is 6.29. The normalized spacial score (nSPS) is 16.7. The zero-order chi connectivity index (χ0) is 29.6. The van der Waals surface area contributed by atoms with Crippen molar-refractivity contribution in [1.29, 1.82) is 0 Å². The number of ether oxygens (including phenoxy) is 3. The Balaban J connectivity index is 1.48. The number of aliphatic imine (C=N–C) groups is 1. The fourth-order valence-electron chi connectivity index (χ4n) is 5.14. The largest absolute Gasteiger partial charge is 0.493 e. The maximum atomic E-state index is 13.8. The summed E-state index contributed by atoms with van der Waals surface area (Å²) in [5.41, 5.74) is 4.21. The van der Waals surface area contributed by atoms with E-state index < -0.39 is 12.0 Å². The lowest BCUT2D eigenvalue weighted by Gasteiger charge is -2.37. The molecule has 0 saturated carbocycles. The summed E-state index contributed by atoms with van der Waals surface area (Å²) < 4.78 is 17.2. The van der Waals surface area contributed by atoms with Gasteiger partial charge >= 0.3 is 5.97 Å². The molecule has 0 aromatic heterocycles. The molecule has 1 N–H and O–H groups in total. The first kappa shape index (κ1) is 29.0. The van der Waals surface area contributed by atoms with Crippen molar-refractivity contribution in [1.82, 2.24) is 10.2 Å². The number of nitrogens with zero attached hydrogens (tertiary/aromatic N) is 2. The Kier molecular flexibility index (Phi) is 8.97. The summed E-state index contributed by atoms with van der Waals surface area (Å²) in [6.45, 7) is 3.87. The lowest BCUT2D eigenvalue weighted by Crippen LogP contribution is -2.38. The summed E-state index contributed by atoms with van der Waals surface area (Å²) in [5, 5.41) is 5.67. The van der Waals surface area contributed by atoms with Gasteiger partial charge in [0.25, 0.3) is 0 Å². The number of allylic oxidation sites excluding steroid dienone is 1. The molecule has 0 saturated heterocycles.